The zero-order valence-corrected chi connectivity index (χ0v) is 26.3. The predicted molar refractivity (Wildman–Crippen MR) is 167 cm³/mol. The molecule has 1 aliphatic heterocycles. The van der Waals surface area contributed by atoms with Crippen LogP contribution in [-0.2, 0) is 25.6 Å². The van der Waals surface area contributed by atoms with Crippen molar-refractivity contribution in [3.05, 3.63) is 99.3 Å². The quantitative estimate of drug-likeness (QED) is 0.170. The zero-order chi connectivity index (χ0) is 31.9. The van der Waals surface area contributed by atoms with Gasteiger partial charge in [-0.25, -0.2) is 9.38 Å². The van der Waals surface area contributed by atoms with E-state index in [9.17, 15) is 14.0 Å². The maximum absolute atomic E-state index is 14.5. The summed E-state index contributed by atoms with van der Waals surface area (Å²) in [7, 11) is 0. The standard InChI is InChI=1S/C33H35Cl2FN2O6/c1-32(2,3)44-28(40)15-16-33(31(41)37-20-22-7-4-5-8-27(22)36)29(25-14-11-23(34)19-26(25)35)43-30(38-33)21-9-12-24(13-10-21)42-18-6-17-39/h4-5,7-14,19,29,39H,6,15-18,20H2,1-3H3,(H,37,41)/t29-,33-/m1/s1. The van der Waals surface area contributed by atoms with Gasteiger partial charge in [-0.1, -0.05) is 47.5 Å². The smallest absolute Gasteiger partial charge is 0.306 e. The molecule has 1 heterocycles. The first kappa shape index (κ1) is 33.2. The molecular formula is C33H35Cl2FN2O6. The number of aliphatic imine (C=N–C) groups is 1. The molecule has 44 heavy (non-hydrogen) atoms. The number of rotatable bonds is 12. The molecule has 0 fully saturated rings. The Balaban J connectivity index is 1.75. The highest BCUT2D eigenvalue weighted by Crippen LogP contribution is 2.46. The van der Waals surface area contributed by atoms with Crippen LogP contribution in [0, 0.1) is 5.82 Å². The van der Waals surface area contributed by atoms with E-state index in [1.807, 2.05) is 0 Å². The first-order valence-corrected chi connectivity index (χ1v) is 15.0. The van der Waals surface area contributed by atoms with Gasteiger partial charge in [-0.05, 0) is 69.7 Å². The number of carbonyl (C=O) groups is 2. The van der Waals surface area contributed by atoms with Crippen molar-refractivity contribution in [2.75, 3.05) is 13.2 Å². The molecule has 3 aromatic rings. The van der Waals surface area contributed by atoms with Gasteiger partial charge < -0.3 is 24.6 Å². The summed E-state index contributed by atoms with van der Waals surface area (Å²) in [4.78, 5) is 31.9. The van der Waals surface area contributed by atoms with Crippen LogP contribution in [0.4, 0.5) is 4.39 Å². The number of aliphatic hydroxyl groups excluding tert-OH is 1. The van der Waals surface area contributed by atoms with Crippen molar-refractivity contribution in [2.24, 2.45) is 4.99 Å². The molecule has 11 heteroatoms. The second-order valence-corrected chi connectivity index (χ2v) is 12.2. The van der Waals surface area contributed by atoms with E-state index < -0.39 is 34.9 Å². The second-order valence-electron chi connectivity index (χ2n) is 11.3. The zero-order valence-electron chi connectivity index (χ0n) is 24.7. The lowest BCUT2D eigenvalue weighted by molar-refractivity contribution is -0.155. The number of nitrogens with zero attached hydrogens (tertiary/aromatic N) is 1. The minimum atomic E-state index is -1.69. The lowest BCUT2D eigenvalue weighted by atomic mass is 9.83. The Labute approximate surface area is 266 Å². The number of nitrogens with one attached hydrogen (secondary N) is 1. The first-order valence-electron chi connectivity index (χ1n) is 14.2. The van der Waals surface area contributed by atoms with Crippen molar-refractivity contribution < 1.29 is 33.3 Å². The summed E-state index contributed by atoms with van der Waals surface area (Å²) in [5, 5.41) is 12.5. The molecule has 0 unspecified atom stereocenters. The Morgan fingerprint density at radius 2 is 1.82 bits per heavy atom. The van der Waals surface area contributed by atoms with Crippen LogP contribution in [0.25, 0.3) is 0 Å². The fourth-order valence-electron chi connectivity index (χ4n) is 4.72. The van der Waals surface area contributed by atoms with Gasteiger partial charge in [-0.3, -0.25) is 9.59 Å². The Kier molecular flexibility index (Phi) is 10.9. The topological polar surface area (TPSA) is 106 Å². The number of esters is 1. The van der Waals surface area contributed by atoms with Crippen LogP contribution in [0.3, 0.4) is 0 Å². The highest BCUT2D eigenvalue weighted by Gasteiger charge is 2.54. The Hall–Kier alpha value is -3.66. The lowest BCUT2D eigenvalue weighted by Gasteiger charge is -2.31. The maximum Gasteiger partial charge on any atom is 0.306 e. The van der Waals surface area contributed by atoms with Crippen LogP contribution >= 0.6 is 23.2 Å². The van der Waals surface area contributed by atoms with Crippen LogP contribution in [0.2, 0.25) is 10.0 Å². The van der Waals surface area contributed by atoms with Crippen molar-refractivity contribution in [2.45, 2.75) is 63.8 Å². The molecule has 234 valence electrons. The molecule has 0 aromatic heterocycles. The molecule has 3 aromatic carbocycles. The van der Waals surface area contributed by atoms with E-state index in [4.69, 9.17) is 47.5 Å². The summed E-state index contributed by atoms with van der Waals surface area (Å²) in [6, 6.07) is 17.8. The molecule has 0 spiro atoms. The number of aliphatic hydroxyl groups is 1. The van der Waals surface area contributed by atoms with Gasteiger partial charge in [-0.2, -0.15) is 0 Å². The van der Waals surface area contributed by atoms with E-state index in [2.05, 4.69) is 5.32 Å². The summed E-state index contributed by atoms with van der Waals surface area (Å²) in [5.74, 6) is -0.849. The van der Waals surface area contributed by atoms with Crippen LogP contribution in [-0.4, -0.2) is 47.2 Å². The summed E-state index contributed by atoms with van der Waals surface area (Å²) in [6.07, 6.45) is -0.834. The van der Waals surface area contributed by atoms with Crippen LogP contribution < -0.4 is 10.1 Å². The first-order chi connectivity index (χ1) is 20.9. The fourth-order valence-corrected chi connectivity index (χ4v) is 5.22. The normalized spacial score (nSPS) is 17.9. The highest BCUT2D eigenvalue weighted by atomic mass is 35.5. The lowest BCUT2D eigenvalue weighted by Crippen LogP contribution is -2.48. The van der Waals surface area contributed by atoms with Crippen molar-refractivity contribution in [1.29, 1.82) is 0 Å². The number of hydrogen-bond acceptors (Lipinski definition) is 7. The third kappa shape index (κ3) is 8.28. The van der Waals surface area contributed by atoms with Crippen molar-refractivity contribution in [1.82, 2.24) is 5.32 Å². The van der Waals surface area contributed by atoms with Crippen LogP contribution in [0.5, 0.6) is 5.75 Å². The van der Waals surface area contributed by atoms with E-state index in [-0.39, 0.29) is 42.5 Å². The average molecular weight is 646 g/mol. The number of benzene rings is 3. The summed E-state index contributed by atoms with van der Waals surface area (Å²) < 4.78 is 32.0. The van der Waals surface area contributed by atoms with E-state index in [1.165, 1.54) is 12.1 Å². The number of hydrogen-bond donors (Lipinski definition) is 2. The van der Waals surface area contributed by atoms with Gasteiger partial charge in [0.15, 0.2) is 11.6 Å². The molecule has 0 bridgehead atoms. The molecule has 1 aliphatic rings. The molecule has 1 amide bonds. The summed E-state index contributed by atoms with van der Waals surface area (Å²) in [6.45, 7) is 5.51. The number of amides is 1. The molecule has 0 saturated carbocycles. The van der Waals surface area contributed by atoms with Gasteiger partial charge in [0, 0.05) is 52.7 Å². The molecular weight excluding hydrogens is 610 g/mol. The average Bonchev–Trinajstić information content (AvgIpc) is 3.36. The van der Waals surface area contributed by atoms with Gasteiger partial charge >= 0.3 is 5.97 Å². The van der Waals surface area contributed by atoms with Gasteiger partial charge in [0.25, 0.3) is 5.91 Å². The minimum absolute atomic E-state index is 0.0156. The Morgan fingerprint density at radius 1 is 1.09 bits per heavy atom. The van der Waals surface area contributed by atoms with E-state index in [0.29, 0.717) is 34.9 Å². The van der Waals surface area contributed by atoms with Crippen LogP contribution in [0.1, 0.15) is 62.8 Å². The Morgan fingerprint density at radius 3 is 2.48 bits per heavy atom. The van der Waals surface area contributed by atoms with Gasteiger partial charge in [0.2, 0.25) is 5.90 Å². The molecule has 0 radical (unpaired) electrons. The predicted octanol–water partition coefficient (Wildman–Crippen LogP) is 6.59. The van der Waals surface area contributed by atoms with Crippen LogP contribution in [0.15, 0.2) is 71.7 Å². The molecule has 2 atom stereocenters. The van der Waals surface area contributed by atoms with Crippen molar-refractivity contribution in [3.8, 4) is 5.75 Å². The Bertz CT molecular complexity index is 1510. The van der Waals surface area contributed by atoms with Gasteiger partial charge in [0.1, 0.15) is 17.2 Å². The monoisotopic (exact) mass is 644 g/mol. The van der Waals surface area contributed by atoms with Crippen molar-refractivity contribution >= 4 is 41.0 Å². The minimum Gasteiger partial charge on any atom is -0.494 e. The molecule has 4 rings (SSSR count). The fraction of sp³-hybridized carbons (Fsp3) is 0.364. The largest absolute Gasteiger partial charge is 0.494 e. The highest BCUT2D eigenvalue weighted by molar-refractivity contribution is 6.35. The van der Waals surface area contributed by atoms with Gasteiger partial charge in [-0.15, -0.1) is 0 Å². The third-order valence-corrected chi connectivity index (χ3v) is 7.36. The number of ether oxygens (including phenoxy) is 3. The molecule has 2 N–H and O–H groups in total. The molecule has 0 saturated heterocycles. The SMILES string of the molecule is CC(C)(C)OC(=O)CC[C@@]1(C(=O)NCc2ccccc2F)N=C(c2ccc(OCCCO)cc2)O[C@@H]1c1ccc(Cl)cc1Cl. The summed E-state index contributed by atoms with van der Waals surface area (Å²) in [5.41, 5.74) is -1.16. The van der Waals surface area contributed by atoms with Gasteiger partial charge in [0.05, 0.1) is 6.61 Å². The molecule has 0 aliphatic carbocycles. The summed E-state index contributed by atoms with van der Waals surface area (Å²) >= 11 is 12.8. The third-order valence-electron chi connectivity index (χ3n) is 6.80. The van der Waals surface area contributed by atoms with E-state index >= 15 is 0 Å². The number of carbonyl (C=O) groups excluding carboxylic acids is 2. The number of halogens is 3. The van der Waals surface area contributed by atoms with Crippen molar-refractivity contribution in [3.63, 3.8) is 0 Å². The maximum atomic E-state index is 14.5. The van der Waals surface area contributed by atoms with E-state index in [0.717, 1.165) is 0 Å². The second kappa shape index (κ2) is 14.4. The van der Waals surface area contributed by atoms with E-state index in [1.54, 1.807) is 75.4 Å². The molecule has 8 nitrogen and oxygen atoms in total.